The van der Waals surface area contributed by atoms with Crippen LogP contribution in [0.25, 0.3) is 15.8 Å². The van der Waals surface area contributed by atoms with E-state index >= 15 is 4.39 Å². The predicted octanol–water partition coefficient (Wildman–Crippen LogP) is 6.01. The number of halogens is 1. The smallest absolute Gasteiger partial charge is 0.410 e. The van der Waals surface area contributed by atoms with E-state index in [9.17, 15) is 14.4 Å². The number of ether oxygens (including phenoxy) is 2. The van der Waals surface area contributed by atoms with E-state index in [1.807, 2.05) is 37.2 Å². The van der Waals surface area contributed by atoms with E-state index in [0.717, 1.165) is 21.2 Å². The predicted molar refractivity (Wildman–Crippen MR) is 173 cm³/mol. The van der Waals surface area contributed by atoms with Gasteiger partial charge in [0.25, 0.3) is 0 Å². The molecule has 0 atom stereocenters. The van der Waals surface area contributed by atoms with Crippen LogP contribution < -0.4 is 15.0 Å². The number of benzene rings is 2. The monoisotopic (exact) mass is 631 g/mol. The summed E-state index contributed by atoms with van der Waals surface area (Å²) in [6.45, 7) is 2.01. The van der Waals surface area contributed by atoms with Crippen LogP contribution in [0.5, 0.6) is 11.5 Å². The number of amides is 3. The molecule has 10 nitrogen and oxygen atoms in total. The van der Waals surface area contributed by atoms with E-state index in [1.54, 1.807) is 48.5 Å². The van der Waals surface area contributed by atoms with Crippen molar-refractivity contribution in [2.75, 3.05) is 57.6 Å². The average molecular weight is 632 g/mol. The molecule has 0 radical (unpaired) electrons. The highest BCUT2D eigenvalue weighted by atomic mass is 32.1. The molecule has 234 valence electrons. The first-order valence-corrected chi connectivity index (χ1v) is 15.2. The maximum absolute atomic E-state index is 15.1. The van der Waals surface area contributed by atoms with E-state index in [-0.39, 0.29) is 17.5 Å². The number of pyridine rings is 1. The lowest BCUT2D eigenvalue weighted by Crippen LogP contribution is -2.36. The number of nitrogens with one attached hydrogen (secondary N) is 1. The number of thiophene rings is 1. The maximum Gasteiger partial charge on any atom is 0.410 e. The number of likely N-dealkylation sites (N-methyl/N-ethyl adjacent to an activating group) is 1. The zero-order chi connectivity index (χ0) is 31.9. The summed E-state index contributed by atoms with van der Waals surface area (Å²) in [6.07, 6.45) is 3.57. The summed E-state index contributed by atoms with van der Waals surface area (Å²) in [7, 11) is 5.44. The Morgan fingerprint density at radius 2 is 1.84 bits per heavy atom. The molecule has 3 heterocycles. The second-order valence-electron chi connectivity index (χ2n) is 10.7. The Morgan fingerprint density at radius 3 is 2.56 bits per heavy atom. The number of rotatable bonds is 10. The number of hydrogen-bond acceptors (Lipinski definition) is 8. The number of nitrogens with zero attached hydrogens (tertiary/aromatic N) is 4. The van der Waals surface area contributed by atoms with Gasteiger partial charge in [0.15, 0.2) is 11.6 Å². The standard InChI is InChI=1S/C33H34FN5O5S/c1-37(2)17-18-43-33(42)39-15-12-22(13-16-39)29-20-26-32(45-29)28(11-14-35-26)44-27-10-9-23(19-25(27)34)36-30(40)21-31(41)38(3)24-7-5-4-6-8-24/h4-12,14,19-20H,13,15-18,21H2,1-3H3,(H,36,40). The molecule has 0 bridgehead atoms. The molecule has 2 aromatic carbocycles. The van der Waals surface area contributed by atoms with E-state index in [4.69, 9.17) is 9.47 Å². The topological polar surface area (TPSA) is 104 Å². The Bertz CT molecular complexity index is 1730. The lowest BCUT2D eigenvalue weighted by atomic mass is 10.1. The maximum atomic E-state index is 15.1. The van der Waals surface area contributed by atoms with E-state index in [2.05, 4.69) is 10.3 Å². The quantitative estimate of drug-likeness (QED) is 0.214. The van der Waals surface area contributed by atoms with Gasteiger partial charge in [0.1, 0.15) is 18.8 Å². The molecule has 12 heteroatoms. The van der Waals surface area contributed by atoms with Crippen molar-refractivity contribution in [3.05, 3.63) is 83.6 Å². The number of aromatic nitrogens is 1. The van der Waals surface area contributed by atoms with Crippen molar-refractivity contribution in [2.24, 2.45) is 0 Å². The highest BCUT2D eigenvalue weighted by Gasteiger charge is 2.21. The van der Waals surface area contributed by atoms with Crippen molar-refractivity contribution in [2.45, 2.75) is 12.8 Å². The summed E-state index contributed by atoms with van der Waals surface area (Å²) in [5.41, 5.74) is 2.69. The minimum absolute atomic E-state index is 0.0179. The number of para-hydroxylation sites is 1. The van der Waals surface area contributed by atoms with Crippen molar-refractivity contribution < 1.29 is 28.2 Å². The van der Waals surface area contributed by atoms with Crippen LogP contribution in [0.3, 0.4) is 0 Å². The fourth-order valence-corrected chi connectivity index (χ4v) is 5.79. The Labute approximate surface area is 264 Å². The number of anilines is 2. The number of fused-ring (bicyclic) bond motifs is 1. The van der Waals surface area contributed by atoms with Crippen LogP contribution >= 0.6 is 11.3 Å². The third-order valence-corrected chi connectivity index (χ3v) is 8.40. The first-order valence-electron chi connectivity index (χ1n) is 14.4. The normalized spacial score (nSPS) is 13.0. The van der Waals surface area contributed by atoms with Gasteiger partial charge < -0.3 is 29.5 Å². The van der Waals surface area contributed by atoms with Gasteiger partial charge in [0.05, 0.1) is 10.2 Å². The van der Waals surface area contributed by atoms with Gasteiger partial charge in [-0.1, -0.05) is 24.3 Å². The van der Waals surface area contributed by atoms with Crippen molar-refractivity contribution in [1.29, 1.82) is 0 Å². The van der Waals surface area contributed by atoms with Crippen LogP contribution in [0.4, 0.5) is 20.6 Å². The van der Waals surface area contributed by atoms with Crippen molar-refractivity contribution >= 4 is 56.4 Å². The lowest BCUT2D eigenvalue weighted by molar-refractivity contribution is -0.125. The molecule has 0 spiro atoms. The Balaban J connectivity index is 1.21. The molecule has 5 rings (SSSR count). The van der Waals surface area contributed by atoms with Crippen molar-refractivity contribution in [3.63, 3.8) is 0 Å². The van der Waals surface area contributed by atoms with Crippen LogP contribution in [0, 0.1) is 5.82 Å². The van der Waals surface area contributed by atoms with Gasteiger partial charge in [-0.2, -0.15) is 0 Å². The molecular formula is C33H34FN5O5S. The minimum Gasteiger partial charge on any atom is -0.453 e. The summed E-state index contributed by atoms with van der Waals surface area (Å²) in [6, 6.07) is 16.7. The minimum atomic E-state index is -0.671. The van der Waals surface area contributed by atoms with Crippen LogP contribution in [-0.4, -0.2) is 80.1 Å². The molecule has 45 heavy (non-hydrogen) atoms. The average Bonchev–Trinajstić information content (AvgIpc) is 3.48. The fourth-order valence-electron chi connectivity index (χ4n) is 4.66. The molecule has 1 aliphatic heterocycles. The third-order valence-electron chi connectivity index (χ3n) is 7.19. The van der Waals surface area contributed by atoms with Gasteiger partial charge in [0.2, 0.25) is 11.8 Å². The molecule has 0 fully saturated rings. The summed E-state index contributed by atoms with van der Waals surface area (Å²) in [5, 5.41) is 2.57. The molecule has 1 N–H and O–H groups in total. The Kier molecular flexibility index (Phi) is 10.1. The van der Waals surface area contributed by atoms with E-state index in [0.29, 0.717) is 49.6 Å². The van der Waals surface area contributed by atoms with Crippen LogP contribution in [0.1, 0.15) is 17.7 Å². The summed E-state index contributed by atoms with van der Waals surface area (Å²) >= 11 is 1.49. The molecule has 0 saturated carbocycles. The molecule has 0 aliphatic carbocycles. The molecular weight excluding hydrogens is 597 g/mol. The lowest BCUT2D eigenvalue weighted by Gasteiger charge is -2.25. The number of carbonyl (C=O) groups excluding carboxylic acids is 3. The van der Waals surface area contributed by atoms with Gasteiger partial charge in [-0.15, -0.1) is 11.3 Å². The molecule has 1 aliphatic rings. The first-order chi connectivity index (χ1) is 21.7. The zero-order valence-corrected chi connectivity index (χ0v) is 26.1. The van der Waals surface area contributed by atoms with Crippen LogP contribution in [-0.2, 0) is 14.3 Å². The number of carbonyl (C=O) groups is 3. The molecule has 3 amide bonds. The zero-order valence-electron chi connectivity index (χ0n) is 25.3. The highest BCUT2D eigenvalue weighted by Crippen LogP contribution is 2.39. The second-order valence-corrected chi connectivity index (χ2v) is 11.8. The molecule has 0 unspecified atom stereocenters. The number of hydrogen-bond donors (Lipinski definition) is 1. The largest absolute Gasteiger partial charge is 0.453 e. The van der Waals surface area contributed by atoms with Crippen LogP contribution in [0.2, 0.25) is 0 Å². The van der Waals surface area contributed by atoms with Gasteiger partial charge in [-0.05, 0) is 56.4 Å². The van der Waals surface area contributed by atoms with Gasteiger partial charge >= 0.3 is 6.09 Å². The fraction of sp³-hybridized carbons (Fsp3) is 0.273. The van der Waals surface area contributed by atoms with E-state index < -0.39 is 24.1 Å². The van der Waals surface area contributed by atoms with Gasteiger partial charge in [0, 0.05) is 61.3 Å². The SMILES string of the molecule is CN(C)CCOC(=O)N1CC=C(c2cc3nccc(Oc4ccc(NC(=O)CC(=O)N(C)c5ccccc5)cc4F)c3s2)CC1. The molecule has 2 aromatic heterocycles. The first kappa shape index (κ1) is 31.6. The van der Waals surface area contributed by atoms with Gasteiger partial charge in [-0.25, -0.2) is 9.18 Å². The summed E-state index contributed by atoms with van der Waals surface area (Å²) < 4.78 is 27.2. The second kappa shape index (κ2) is 14.3. The van der Waals surface area contributed by atoms with Gasteiger partial charge in [-0.3, -0.25) is 14.6 Å². The summed E-state index contributed by atoms with van der Waals surface area (Å²) in [4.78, 5) is 47.9. The van der Waals surface area contributed by atoms with Crippen molar-refractivity contribution in [3.8, 4) is 11.5 Å². The van der Waals surface area contributed by atoms with E-state index in [1.165, 1.54) is 28.4 Å². The highest BCUT2D eigenvalue weighted by molar-refractivity contribution is 7.20. The summed E-state index contributed by atoms with van der Waals surface area (Å²) in [5.74, 6) is -1.19. The van der Waals surface area contributed by atoms with Crippen molar-refractivity contribution in [1.82, 2.24) is 14.8 Å². The third kappa shape index (κ3) is 8.02. The van der Waals surface area contributed by atoms with Crippen LogP contribution in [0.15, 0.2) is 72.9 Å². The Morgan fingerprint density at radius 1 is 1.04 bits per heavy atom. The Hall–Kier alpha value is -4.81. The molecule has 4 aromatic rings. The molecule has 0 saturated heterocycles.